The van der Waals surface area contributed by atoms with Gasteiger partial charge in [0.1, 0.15) is 5.75 Å². The van der Waals surface area contributed by atoms with Crippen LogP contribution in [-0.2, 0) is 6.54 Å². The first-order valence-corrected chi connectivity index (χ1v) is 6.65. The summed E-state index contributed by atoms with van der Waals surface area (Å²) in [4.78, 5) is 15.9. The van der Waals surface area contributed by atoms with Crippen molar-refractivity contribution in [2.24, 2.45) is 0 Å². The number of halogens is 1. The van der Waals surface area contributed by atoms with Crippen molar-refractivity contribution in [3.05, 3.63) is 52.1 Å². The Balaban J connectivity index is 2.02. The van der Waals surface area contributed by atoms with Crippen molar-refractivity contribution < 1.29 is 14.6 Å². The largest absolute Gasteiger partial charge is 0.507 e. The van der Waals surface area contributed by atoms with Crippen LogP contribution >= 0.6 is 15.9 Å². The van der Waals surface area contributed by atoms with Crippen molar-refractivity contribution >= 4 is 21.8 Å². The predicted octanol–water partition coefficient (Wildman–Crippen LogP) is 2.49. The molecule has 104 valence electrons. The smallest absolute Gasteiger partial charge is 0.251 e. The molecule has 0 bridgehead atoms. The van der Waals surface area contributed by atoms with Crippen LogP contribution in [0.1, 0.15) is 15.9 Å². The minimum Gasteiger partial charge on any atom is -0.507 e. The van der Waals surface area contributed by atoms with Gasteiger partial charge in [0.15, 0.2) is 0 Å². The number of pyridine rings is 1. The Bertz CT molecular complexity index is 632. The van der Waals surface area contributed by atoms with E-state index in [0.29, 0.717) is 22.5 Å². The number of rotatable bonds is 4. The first-order chi connectivity index (χ1) is 9.60. The summed E-state index contributed by atoms with van der Waals surface area (Å²) in [5.74, 6) is 0.268. The fraction of sp³-hybridized carbons (Fsp3) is 0.143. The third-order valence-corrected chi connectivity index (χ3v) is 3.34. The Hall–Kier alpha value is -2.08. The Labute approximate surface area is 124 Å². The Morgan fingerprint density at radius 1 is 1.40 bits per heavy atom. The molecule has 6 heteroatoms. The predicted molar refractivity (Wildman–Crippen MR) is 77.8 cm³/mol. The molecule has 20 heavy (non-hydrogen) atoms. The maximum absolute atomic E-state index is 12.0. The highest BCUT2D eigenvalue weighted by Crippen LogP contribution is 2.24. The van der Waals surface area contributed by atoms with Crippen LogP contribution in [0.2, 0.25) is 0 Å². The summed E-state index contributed by atoms with van der Waals surface area (Å²) < 4.78 is 5.56. The van der Waals surface area contributed by atoms with E-state index < -0.39 is 0 Å². The number of phenols is 1. The van der Waals surface area contributed by atoms with Gasteiger partial charge < -0.3 is 15.2 Å². The Kier molecular flexibility index (Phi) is 4.57. The maximum Gasteiger partial charge on any atom is 0.251 e. The van der Waals surface area contributed by atoms with Crippen molar-refractivity contribution in [2.75, 3.05) is 7.11 Å². The average Bonchev–Trinajstić information content (AvgIpc) is 2.47. The number of amides is 1. The number of nitrogens with one attached hydrogen (secondary N) is 1. The lowest BCUT2D eigenvalue weighted by Crippen LogP contribution is -2.22. The Morgan fingerprint density at radius 3 is 2.90 bits per heavy atom. The molecule has 5 nitrogen and oxygen atoms in total. The zero-order valence-electron chi connectivity index (χ0n) is 10.8. The highest BCUT2D eigenvalue weighted by molar-refractivity contribution is 9.10. The molecule has 1 aromatic heterocycles. The molecule has 0 atom stereocenters. The zero-order valence-corrected chi connectivity index (χ0v) is 12.3. The number of hydrogen-bond acceptors (Lipinski definition) is 4. The summed E-state index contributed by atoms with van der Waals surface area (Å²) >= 11 is 3.17. The van der Waals surface area contributed by atoms with Crippen molar-refractivity contribution in [3.63, 3.8) is 0 Å². The van der Waals surface area contributed by atoms with E-state index in [-0.39, 0.29) is 11.7 Å². The van der Waals surface area contributed by atoms with E-state index >= 15 is 0 Å². The summed E-state index contributed by atoms with van der Waals surface area (Å²) in [6.45, 7) is 0.356. The van der Waals surface area contributed by atoms with Gasteiger partial charge in [-0.15, -0.1) is 0 Å². The van der Waals surface area contributed by atoms with Crippen molar-refractivity contribution in [1.29, 1.82) is 0 Å². The van der Waals surface area contributed by atoms with Crippen LogP contribution in [0.15, 0.2) is 41.0 Å². The molecule has 2 aromatic rings. The van der Waals surface area contributed by atoms with Gasteiger partial charge in [-0.1, -0.05) is 0 Å². The number of benzene rings is 1. The maximum atomic E-state index is 12.0. The topological polar surface area (TPSA) is 71.5 Å². The van der Waals surface area contributed by atoms with Crippen LogP contribution in [0, 0.1) is 0 Å². The number of carbonyl (C=O) groups is 1. The lowest BCUT2D eigenvalue weighted by atomic mass is 10.2. The van der Waals surface area contributed by atoms with Gasteiger partial charge >= 0.3 is 0 Å². The zero-order chi connectivity index (χ0) is 14.5. The number of phenolic OH excluding ortho intramolecular Hbond substituents is 1. The van der Waals surface area contributed by atoms with Gasteiger partial charge in [-0.3, -0.25) is 4.79 Å². The number of hydrogen-bond donors (Lipinski definition) is 2. The molecule has 0 aliphatic heterocycles. The van der Waals surface area contributed by atoms with Crippen LogP contribution in [-0.4, -0.2) is 23.1 Å². The van der Waals surface area contributed by atoms with Crippen LogP contribution in [0.25, 0.3) is 0 Å². The molecule has 1 amide bonds. The standard InChI is InChI=1S/C14H13BrN2O3/c1-20-13-6-9(4-5-16-13)8-17-14(19)10-2-3-11(15)12(18)7-10/h2-7,18H,8H2,1H3,(H,17,19). The molecule has 2 N–H and O–H groups in total. The van der Waals surface area contributed by atoms with E-state index in [1.54, 1.807) is 30.5 Å². The summed E-state index contributed by atoms with van der Waals surface area (Å²) in [5.41, 5.74) is 1.28. The molecule has 0 saturated carbocycles. The number of nitrogens with zero attached hydrogens (tertiary/aromatic N) is 1. The number of aromatic hydroxyl groups is 1. The van der Waals surface area contributed by atoms with E-state index in [2.05, 4.69) is 26.2 Å². The molecule has 1 aromatic carbocycles. The first kappa shape index (κ1) is 14.3. The number of carbonyl (C=O) groups excluding carboxylic acids is 1. The monoisotopic (exact) mass is 336 g/mol. The second kappa shape index (κ2) is 6.38. The number of methoxy groups -OCH3 is 1. The normalized spacial score (nSPS) is 10.1. The summed E-state index contributed by atoms with van der Waals surface area (Å²) in [6.07, 6.45) is 1.62. The molecule has 0 aliphatic rings. The van der Waals surface area contributed by atoms with Crippen LogP contribution in [0.4, 0.5) is 0 Å². The van der Waals surface area contributed by atoms with E-state index in [9.17, 15) is 9.90 Å². The molecule has 0 radical (unpaired) electrons. The fourth-order valence-corrected chi connectivity index (χ4v) is 1.86. The van der Waals surface area contributed by atoms with Crippen molar-refractivity contribution in [1.82, 2.24) is 10.3 Å². The lowest BCUT2D eigenvalue weighted by Gasteiger charge is -2.07. The first-order valence-electron chi connectivity index (χ1n) is 5.86. The van der Waals surface area contributed by atoms with Crippen molar-refractivity contribution in [3.8, 4) is 11.6 Å². The van der Waals surface area contributed by atoms with E-state index in [1.165, 1.54) is 13.2 Å². The molecule has 0 unspecified atom stereocenters. The van der Waals surface area contributed by atoms with Crippen LogP contribution < -0.4 is 10.1 Å². The van der Waals surface area contributed by atoms with Gasteiger partial charge in [-0.05, 0) is 45.8 Å². The van der Waals surface area contributed by atoms with E-state index in [1.807, 2.05) is 0 Å². The second-order valence-corrected chi connectivity index (χ2v) is 4.91. The molecule has 0 spiro atoms. The molecule has 0 saturated heterocycles. The fourth-order valence-electron chi connectivity index (χ4n) is 1.61. The van der Waals surface area contributed by atoms with Gasteiger partial charge in [0.25, 0.3) is 5.91 Å². The van der Waals surface area contributed by atoms with Crippen molar-refractivity contribution in [2.45, 2.75) is 6.54 Å². The molecule has 0 aliphatic carbocycles. The SMILES string of the molecule is COc1cc(CNC(=O)c2ccc(Br)c(O)c2)ccn1. The van der Waals surface area contributed by atoms with Crippen LogP contribution in [0.5, 0.6) is 11.6 Å². The molecule has 0 fully saturated rings. The van der Waals surface area contributed by atoms with E-state index in [0.717, 1.165) is 5.56 Å². The summed E-state index contributed by atoms with van der Waals surface area (Å²) in [6, 6.07) is 8.21. The van der Waals surface area contributed by atoms with Gasteiger partial charge in [0, 0.05) is 24.4 Å². The highest BCUT2D eigenvalue weighted by atomic mass is 79.9. The van der Waals surface area contributed by atoms with Crippen LogP contribution in [0.3, 0.4) is 0 Å². The number of ether oxygens (including phenoxy) is 1. The summed E-state index contributed by atoms with van der Waals surface area (Å²) in [7, 11) is 1.54. The van der Waals surface area contributed by atoms with Gasteiger partial charge in [0.05, 0.1) is 11.6 Å². The molecule has 2 rings (SSSR count). The number of aromatic nitrogens is 1. The molecule has 1 heterocycles. The van der Waals surface area contributed by atoms with E-state index in [4.69, 9.17) is 4.74 Å². The van der Waals surface area contributed by atoms with Gasteiger partial charge in [0.2, 0.25) is 5.88 Å². The summed E-state index contributed by atoms with van der Waals surface area (Å²) in [5, 5.41) is 12.3. The second-order valence-electron chi connectivity index (χ2n) is 4.06. The highest BCUT2D eigenvalue weighted by Gasteiger charge is 2.08. The lowest BCUT2D eigenvalue weighted by molar-refractivity contribution is 0.0950. The Morgan fingerprint density at radius 2 is 2.20 bits per heavy atom. The van der Waals surface area contributed by atoms with Gasteiger partial charge in [-0.2, -0.15) is 0 Å². The third-order valence-electron chi connectivity index (χ3n) is 2.67. The molecular formula is C14H13BrN2O3. The average molecular weight is 337 g/mol. The minimum absolute atomic E-state index is 0.0308. The minimum atomic E-state index is -0.261. The third kappa shape index (κ3) is 3.48. The quantitative estimate of drug-likeness (QED) is 0.899. The molecular weight excluding hydrogens is 324 g/mol. The van der Waals surface area contributed by atoms with Gasteiger partial charge in [-0.25, -0.2) is 4.98 Å².